The van der Waals surface area contributed by atoms with Gasteiger partial charge in [0.2, 0.25) is 0 Å². The molecule has 3 heteroatoms. The molecule has 2 heterocycles. The fourth-order valence-corrected chi connectivity index (χ4v) is 3.57. The zero-order valence-corrected chi connectivity index (χ0v) is 11.4. The molecule has 3 rings (SSSR count). The van der Waals surface area contributed by atoms with Crippen molar-refractivity contribution in [3.63, 3.8) is 0 Å². The lowest BCUT2D eigenvalue weighted by atomic mass is 9.83. The first-order valence-electron chi connectivity index (χ1n) is 7.35. The first kappa shape index (κ1) is 13.1. The van der Waals surface area contributed by atoms with Gasteiger partial charge in [-0.2, -0.15) is 0 Å². The van der Waals surface area contributed by atoms with Crippen LogP contribution in [0.3, 0.4) is 0 Å². The molecule has 19 heavy (non-hydrogen) atoms. The third kappa shape index (κ3) is 2.99. The van der Waals surface area contributed by atoms with Crippen molar-refractivity contribution in [2.24, 2.45) is 5.92 Å². The molecule has 0 spiro atoms. The van der Waals surface area contributed by atoms with Crippen molar-refractivity contribution in [3.8, 4) is 0 Å². The molecule has 2 aliphatic rings. The summed E-state index contributed by atoms with van der Waals surface area (Å²) in [7, 11) is 0. The number of hydrogen-bond acceptors (Lipinski definition) is 3. The number of piperidine rings is 1. The van der Waals surface area contributed by atoms with E-state index in [-0.39, 0.29) is 0 Å². The molecule has 0 saturated carbocycles. The number of ether oxygens (including phenoxy) is 1. The summed E-state index contributed by atoms with van der Waals surface area (Å²) in [5.41, 5.74) is 1.39. The molecule has 2 saturated heterocycles. The Hall–Kier alpha value is -0.900. The van der Waals surface area contributed by atoms with Crippen molar-refractivity contribution >= 4 is 0 Å². The molecule has 1 aromatic carbocycles. The number of nitrogens with zero attached hydrogens (tertiary/aromatic N) is 1. The fourth-order valence-electron chi connectivity index (χ4n) is 3.57. The van der Waals surface area contributed by atoms with Crippen molar-refractivity contribution in [3.05, 3.63) is 35.9 Å². The third-order valence-corrected chi connectivity index (χ3v) is 4.51. The van der Waals surface area contributed by atoms with Crippen LogP contribution >= 0.6 is 0 Å². The summed E-state index contributed by atoms with van der Waals surface area (Å²) in [6, 6.07) is 11.8. The predicted molar refractivity (Wildman–Crippen MR) is 74.8 cm³/mol. The lowest BCUT2D eigenvalue weighted by molar-refractivity contribution is -0.0937. The van der Waals surface area contributed by atoms with E-state index in [0.717, 1.165) is 26.2 Å². The molecule has 2 unspecified atom stereocenters. The maximum absolute atomic E-state index is 9.14. The number of morpholine rings is 1. The molecule has 2 bridgehead atoms. The normalized spacial score (nSPS) is 31.3. The number of fused-ring (bicyclic) bond motifs is 2. The summed E-state index contributed by atoms with van der Waals surface area (Å²) in [6.07, 6.45) is 3.29. The second kappa shape index (κ2) is 6.04. The van der Waals surface area contributed by atoms with Crippen LogP contribution in [0.15, 0.2) is 30.3 Å². The molecular formula is C16H23NO2. The molecule has 2 aliphatic heterocycles. The van der Waals surface area contributed by atoms with Gasteiger partial charge < -0.3 is 9.84 Å². The van der Waals surface area contributed by atoms with E-state index in [2.05, 4.69) is 35.2 Å². The van der Waals surface area contributed by atoms with Crippen molar-refractivity contribution in [2.45, 2.75) is 37.9 Å². The predicted octanol–water partition coefficient (Wildman–Crippen LogP) is 2.05. The quantitative estimate of drug-likeness (QED) is 0.900. The van der Waals surface area contributed by atoms with Crippen LogP contribution in [0.1, 0.15) is 24.8 Å². The van der Waals surface area contributed by atoms with Gasteiger partial charge in [-0.3, -0.25) is 4.90 Å². The number of rotatable bonds is 4. The van der Waals surface area contributed by atoms with Gasteiger partial charge in [0, 0.05) is 25.2 Å². The van der Waals surface area contributed by atoms with Crippen molar-refractivity contribution < 1.29 is 9.84 Å². The van der Waals surface area contributed by atoms with Gasteiger partial charge in [-0.25, -0.2) is 0 Å². The summed E-state index contributed by atoms with van der Waals surface area (Å²) < 4.78 is 5.73. The zero-order valence-electron chi connectivity index (χ0n) is 11.4. The summed E-state index contributed by atoms with van der Waals surface area (Å²) in [5.74, 6) is 0.677. The number of hydrogen-bond donors (Lipinski definition) is 1. The van der Waals surface area contributed by atoms with E-state index in [1.807, 2.05) is 0 Å². The Balaban J connectivity index is 1.68. The SMILES string of the molecule is OCCC1CC2COCC(C1)N2Cc1ccccc1. The molecule has 0 aromatic heterocycles. The monoisotopic (exact) mass is 261 g/mol. The van der Waals surface area contributed by atoms with Crippen LogP contribution in [0, 0.1) is 5.92 Å². The molecular weight excluding hydrogens is 238 g/mol. The van der Waals surface area contributed by atoms with Crippen molar-refractivity contribution in [1.82, 2.24) is 4.90 Å². The lowest BCUT2D eigenvalue weighted by Crippen LogP contribution is -2.56. The molecule has 1 aromatic rings. The standard InChI is InChI=1S/C16H23NO2/c18-7-6-14-8-15-11-19-12-16(9-14)17(15)10-13-4-2-1-3-5-13/h1-5,14-16,18H,6-12H2. The van der Waals surface area contributed by atoms with E-state index in [1.165, 1.54) is 18.4 Å². The van der Waals surface area contributed by atoms with Crippen LogP contribution in [-0.4, -0.2) is 41.9 Å². The molecule has 1 N–H and O–H groups in total. The number of benzene rings is 1. The fraction of sp³-hybridized carbons (Fsp3) is 0.625. The molecule has 2 fully saturated rings. The molecule has 104 valence electrons. The number of aliphatic hydroxyl groups excluding tert-OH is 1. The van der Waals surface area contributed by atoms with Gasteiger partial charge in [-0.05, 0) is 30.7 Å². The molecule has 3 nitrogen and oxygen atoms in total. The van der Waals surface area contributed by atoms with Gasteiger partial charge in [0.1, 0.15) is 0 Å². The van der Waals surface area contributed by atoms with E-state index in [1.54, 1.807) is 0 Å². The second-order valence-electron chi connectivity index (χ2n) is 5.85. The van der Waals surface area contributed by atoms with Crippen LogP contribution in [0.5, 0.6) is 0 Å². The largest absolute Gasteiger partial charge is 0.396 e. The highest BCUT2D eigenvalue weighted by Gasteiger charge is 2.38. The Morgan fingerprint density at radius 3 is 2.42 bits per heavy atom. The van der Waals surface area contributed by atoms with Crippen LogP contribution in [0.25, 0.3) is 0 Å². The smallest absolute Gasteiger partial charge is 0.0623 e. The highest BCUT2D eigenvalue weighted by atomic mass is 16.5. The minimum absolute atomic E-state index is 0.323. The Kier molecular flexibility index (Phi) is 4.16. The molecule has 2 atom stereocenters. The first-order chi connectivity index (χ1) is 9.36. The van der Waals surface area contributed by atoms with Gasteiger partial charge >= 0.3 is 0 Å². The maximum Gasteiger partial charge on any atom is 0.0623 e. The Morgan fingerprint density at radius 2 is 1.79 bits per heavy atom. The van der Waals surface area contributed by atoms with Gasteiger partial charge in [0.05, 0.1) is 13.2 Å². The minimum Gasteiger partial charge on any atom is -0.396 e. The summed E-state index contributed by atoms with van der Waals surface area (Å²) in [4.78, 5) is 2.62. The summed E-state index contributed by atoms with van der Waals surface area (Å²) in [6.45, 7) is 3.06. The average molecular weight is 261 g/mol. The first-order valence-corrected chi connectivity index (χ1v) is 7.35. The van der Waals surface area contributed by atoms with Gasteiger partial charge in [0.15, 0.2) is 0 Å². The summed E-state index contributed by atoms with van der Waals surface area (Å²) in [5, 5.41) is 9.14. The minimum atomic E-state index is 0.323. The maximum atomic E-state index is 9.14. The topological polar surface area (TPSA) is 32.7 Å². The van der Waals surface area contributed by atoms with E-state index < -0.39 is 0 Å². The molecule has 0 radical (unpaired) electrons. The Bertz CT molecular complexity index is 381. The van der Waals surface area contributed by atoms with Gasteiger partial charge in [0.25, 0.3) is 0 Å². The van der Waals surface area contributed by atoms with Gasteiger partial charge in [-0.15, -0.1) is 0 Å². The lowest BCUT2D eigenvalue weighted by Gasteiger charge is -2.48. The van der Waals surface area contributed by atoms with Crippen molar-refractivity contribution in [2.75, 3.05) is 19.8 Å². The second-order valence-corrected chi connectivity index (χ2v) is 5.85. The van der Waals surface area contributed by atoms with E-state index in [9.17, 15) is 0 Å². The van der Waals surface area contributed by atoms with Crippen LogP contribution in [0.4, 0.5) is 0 Å². The van der Waals surface area contributed by atoms with Gasteiger partial charge in [-0.1, -0.05) is 30.3 Å². The highest BCUT2D eigenvalue weighted by Crippen LogP contribution is 2.34. The van der Waals surface area contributed by atoms with Crippen LogP contribution in [-0.2, 0) is 11.3 Å². The summed E-state index contributed by atoms with van der Waals surface area (Å²) >= 11 is 0. The highest BCUT2D eigenvalue weighted by molar-refractivity contribution is 5.15. The van der Waals surface area contributed by atoms with E-state index in [0.29, 0.717) is 24.6 Å². The van der Waals surface area contributed by atoms with Crippen molar-refractivity contribution in [1.29, 1.82) is 0 Å². The van der Waals surface area contributed by atoms with E-state index in [4.69, 9.17) is 9.84 Å². The third-order valence-electron chi connectivity index (χ3n) is 4.51. The zero-order chi connectivity index (χ0) is 13.1. The van der Waals surface area contributed by atoms with Crippen LogP contribution in [0.2, 0.25) is 0 Å². The average Bonchev–Trinajstić information content (AvgIpc) is 2.41. The van der Waals surface area contributed by atoms with E-state index >= 15 is 0 Å². The Morgan fingerprint density at radius 1 is 1.11 bits per heavy atom. The molecule has 0 amide bonds. The molecule has 0 aliphatic carbocycles. The Labute approximate surface area is 115 Å². The van der Waals surface area contributed by atoms with Crippen LogP contribution < -0.4 is 0 Å². The number of aliphatic hydroxyl groups is 1.